The Morgan fingerprint density at radius 3 is 2.77 bits per heavy atom. The highest BCUT2D eigenvalue weighted by molar-refractivity contribution is 6.35. The molecular weight excluding hydrogens is 461 g/mol. The van der Waals surface area contributed by atoms with Crippen LogP contribution in [0.5, 0.6) is 5.75 Å². The van der Waals surface area contributed by atoms with E-state index in [1.165, 1.54) is 6.21 Å². The number of hydrogen-bond donors (Lipinski definition) is 2. The van der Waals surface area contributed by atoms with Crippen molar-refractivity contribution >= 4 is 23.7 Å². The van der Waals surface area contributed by atoms with Crippen molar-refractivity contribution in [1.29, 1.82) is 0 Å². The molecular formula is C23H26FN5O6. The van der Waals surface area contributed by atoms with Gasteiger partial charge >= 0.3 is 17.5 Å². The number of carbonyl (C=O) groups excluding carboxylic acids is 2. The first kappa shape index (κ1) is 25.7. The number of benzene rings is 2. The molecule has 2 amide bonds. The van der Waals surface area contributed by atoms with Crippen LogP contribution in [-0.2, 0) is 20.9 Å². The smallest absolute Gasteiger partial charge is 0.329 e. The lowest BCUT2D eigenvalue weighted by molar-refractivity contribution is -0.386. The predicted molar refractivity (Wildman–Crippen MR) is 124 cm³/mol. The van der Waals surface area contributed by atoms with Gasteiger partial charge in [0.25, 0.3) is 0 Å². The highest BCUT2D eigenvalue weighted by Crippen LogP contribution is 2.28. The number of halogens is 1. The Hall–Kier alpha value is -3.90. The Labute approximate surface area is 201 Å². The molecule has 0 unspecified atom stereocenters. The highest BCUT2D eigenvalue weighted by atomic mass is 19.1. The Balaban J connectivity index is 1.43. The average molecular weight is 487 g/mol. The van der Waals surface area contributed by atoms with Gasteiger partial charge in [0.05, 0.1) is 24.4 Å². The molecule has 1 saturated heterocycles. The van der Waals surface area contributed by atoms with E-state index in [1.54, 1.807) is 24.3 Å². The van der Waals surface area contributed by atoms with Crippen LogP contribution in [0.4, 0.5) is 10.1 Å². The van der Waals surface area contributed by atoms with Crippen LogP contribution in [0.2, 0.25) is 0 Å². The predicted octanol–water partition coefficient (Wildman–Crippen LogP) is 1.60. The molecule has 3 rings (SSSR count). The summed E-state index contributed by atoms with van der Waals surface area (Å²) in [4.78, 5) is 36.4. The molecule has 186 valence electrons. The summed E-state index contributed by atoms with van der Waals surface area (Å²) in [6.45, 7) is 4.28. The summed E-state index contributed by atoms with van der Waals surface area (Å²) in [7, 11) is 0. The number of nitrogens with one attached hydrogen (secondary N) is 2. The van der Waals surface area contributed by atoms with Crippen LogP contribution in [0.15, 0.2) is 47.6 Å². The summed E-state index contributed by atoms with van der Waals surface area (Å²) < 4.78 is 24.1. The average Bonchev–Trinajstić information content (AvgIpc) is 2.86. The van der Waals surface area contributed by atoms with E-state index in [9.17, 15) is 24.1 Å². The maximum absolute atomic E-state index is 13.4. The standard InChI is InChI=1S/C23H26FN5O6/c24-19-5-6-20(29(32)33)21(14-19)35-16-18-4-1-3-17(13-18)15-26-27-23(31)22(30)25-7-2-8-28-9-11-34-12-10-28/h1,3-6,13-15H,2,7-12,16H2,(H,25,30)(H,27,31)/b26-15+. The molecule has 35 heavy (non-hydrogen) atoms. The molecule has 0 atom stereocenters. The third-order valence-corrected chi connectivity index (χ3v) is 5.09. The van der Waals surface area contributed by atoms with Crippen LogP contribution in [0.25, 0.3) is 0 Å². The van der Waals surface area contributed by atoms with Crippen molar-refractivity contribution in [3.8, 4) is 5.75 Å². The van der Waals surface area contributed by atoms with E-state index in [0.717, 1.165) is 44.3 Å². The molecule has 0 bridgehead atoms. The number of rotatable bonds is 10. The first-order valence-corrected chi connectivity index (χ1v) is 11.0. The Morgan fingerprint density at radius 2 is 2.00 bits per heavy atom. The number of hydrazone groups is 1. The summed E-state index contributed by atoms with van der Waals surface area (Å²) in [5, 5.41) is 17.4. The van der Waals surface area contributed by atoms with E-state index in [-0.39, 0.29) is 18.0 Å². The van der Waals surface area contributed by atoms with Gasteiger partial charge in [-0.3, -0.25) is 24.6 Å². The number of hydrogen-bond acceptors (Lipinski definition) is 8. The molecule has 11 nitrogen and oxygen atoms in total. The highest BCUT2D eigenvalue weighted by Gasteiger charge is 2.16. The Kier molecular flexibility index (Phi) is 9.63. The fourth-order valence-corrected chi connectivity index (χ4v) is 3.30. The summed E-state index contributed by atoms with van der Waals surface area (Å²) in [6.07, 6.45) is 2.06. The minimum Gasteiger partial charge on any atom is -0.482 e. The Morgan fingerprint density at radius 1 is 1.20 bits per heavy atom. The molecule has 0 spiro atoms. The molecule has 0 radical (unpaired) electrons. The lowest BCUT2D eigenvalue weighted by atomic mass is 10.1. The quantitative estimate of drug-likeness (QED) is 0.171. The monoisotopic (exact) mass is 487 g/mol. The maximum Gasteiger partial charge on any atom is 0.329 e. The van der Waals surface area contributed by atoms with Crippen molar-refractivity contribution in [1.82, 2.24) is 15.6 Å². The lowest BCUT2D eigenvalue weighted by Gasteiger charge is -2.26. The first-order chi connectivity index (χ1) is 16.9. The summed E-state index contributed by atoms with van der Waals surface area (Å²) in [6, 6.07) is 9.77. The second kappa shape index (κ2) is 13.1. The SMILES string of the molecule is O=C(NCCCN1CCOCC1)C(=O)N/N=C/c1cccc(COc2cc(F)ccc2[N+](=O)[O-])c1. The number of amides is 2. The van der Waals surface area contributed by atoms with Gasteiger partial charge in [-0.25, -0.2) is 9.82 Å². The molecule has 2 aromatic carbocycles. The number of ether oxygens (including phenoxy) is 2. The van der Waals surface area contributed by atoms with Gasteiger partial charge in [0.15, 0.2) is 5.75 Å². The molecule has 1 aliphatic heterocycles. The number of carbonyl (C=O) groups is 2. The number of morpholine rings is 1. The van der Waals surface area contributed by atoms with Crippen LogP contribution < -0.4 is 15.5 Å². The van der Waals surface area contributed by atoms with Gasteiger partial charge in [0.2, 0.25) is 0 Å². The molecule has 2 aromatic rings. The third kappa shape index (κ3) is 8.43. The molecule has 0 saturated carbocycles. The normalized spacial score (nSPS) is 14.0. The van der Waals surface area contributed by atoms with Gasteiger partial charge < -0.3 is 14.8 Å². The van der Waals surface area contributed by atoms with Crippen LogP contribution in [0.3, 0.4) is 0 Å². The summed E-state index contributed by atoms with van der Waals surface area (Å²) >= 11 is 0. The van der Waals surface area contributed by atoms with Crippen LogP contribution >= 0.6 is 0 Å². The summed E-state index contributed by atoms with van der Waals surface area (Å²) in [5.74, 6) is -2.49. The zero-order valence-electron chi connectivity index (χ0n) is 18.9. The second-order valence-electron chi connectivity index (χ2n) is 7.67. The summed E-state index contributed by atoms with van der Waals surface area (Å²) in [5.41, 5.74) is 3.05. The minimum absolute atomic E-state index is 0.0504. The van der Waals surface area contributed by atoms with Crippen LogP contribution in [-0.4, -0.2) is 67.2 Å². The van der Waals surface area contributed by atoms with Crippen molar-refractivity contribution in [3.63, 3.8) is 0 Å². The largest absolute Gasteiger partial charge is 0.482 e. The van der Waals surface area contributed by atoms with Crippen LogP contribution in [0.1, 0.15) is 17.5 Å². The van der Waals surface area contributed by atoms with E-state index < -0.39 is 22.6 Å². The Bertz CT molecular complexity index is 1070. The minimum atomic E-state index is -0.884. The van der Waals surface area contributed by atoms with Crippen molar-refractivity contribution in [2.75, 3.05) is 39.4 Å². The maximum atomic E-state index is 13.4. The molecule has 2 N–H and O–H groups in total. The fourth-order valence-electron chi connectivity index (χ4n) is 3.30. The second-order valence-corrected chi connectivity index (χ2v) is 7.67. The van der Waals surface area contributed by atoms with Gasteiger partial charge in [0, 0.05) is 31.8 Å². The van der Waals surface area contributed by atoms with E-state index in [2.05, 4.69) is 20.7 Å². The molecule has 1 aliphatic rings. The number of nitro groups is 1. The van der Waals surface area contributed by atoms with Gasteiger partial charge in [-0.05, 0) is 36.2 Å². The molecule has 0 aromatic heterocycles. The van der Waals surface area contributed by atoms with Gasteiger partial charge in [-0.15, -0.1) is 0 Å². The molecule has 1 fully saturated rings. The molecule has 12 heteroatoms. The van der Waals surface area contributed by atoms with Crippen molar-refractivity contribution in [2.24, 2.45) is 5.10 Å². The van der Waals surface area contributed by atoms with E-state index in [0.29, 0.717) is 30.9 Å². The fraction of sp³-hybridized carbons (Fsp3) is 0.348. The third-order valence-electron chi connectivity index (χ3n) is 5.09. The van der Waals surface area contributed by atoms with Crippen molar-refractivity contribution in [3.05, 3.63) is 69.5 Å². The number of nitrogens with zero attached hydrogens (tertiary/aromatic N) is 3. The van der Waals surface area contributed by atoms with E-state index in [4.69, 9.17) is 9.47 Å². The van der Waals surface area contributed by atoms with E-state index in [1.807, 2.05) is 0 Å². The first-order valence-electron chi connectivity index (χ1n) is 11.0. The van der Waals surface area contributed by atoms with Crippen molar-refractivity contribution < 1.29 is 28.4 Å². The zero-order valence-corrected chi connectivity index (χ0v) is 18.9. The lowest BCUT2D eigenvalue weighted by Crippen LogP contribution is -2.40. The van der Waals surface area contributed by atoms with Gasteiger partial charge in [0.1, 0.15) is 12.4 Å². The zero-order chi connectivity index (χ0) is 25.0. The molecule has 1 heterocycles. The van der Waals surface area contributed by atoms with Gasteiger partial charge in [-0.1, -0.05) is 18.2 Å². The topological polar surface area (TPSA) is 135 Å². The van der Waals surface area contributed by atoms with Crippen LogP contribution in [0, 0.1) is 15.9 Å². The van der Waals surface area contributed by atoms with Gasteiger partial charge in [-0.2, -0.15) is 5.10 Å². The van der Waals surface area contributed by atoms with Crippen molar-refractivity contribution in [2.45, 2.75) is 13.0 Å². The van der Waals surface area contributed by atoms with E-state index >= 15 is 0 Å². The molecule has 0 aliphatic carbocycles. The number of nitro benzene ring substituents is 1.